The van der Waals surface area contributed by atoms with Gasteiger partial charge in [0.25, 0.3) is 0 Å². The molecule has 0 bridgehead atoms. The molecule has 2 rings (SSSR count). The second-order valence-corrected chi connectivity index (χ2v) is 2.77. The molecule has 1 nitrogen and oxygen atoms in total. The van der Waals surface area contributed by atoms with E-state index in [1.54, 1.807) is 0 Å². The number of fused-ring (bicyclic) bond motifs is 1. The molecule has 0 aromatic heterocycles. The fourth-order valence-electron chi connectivity index (χ4n) is 1.46. The van der Waals surface area contributed by atoms with Crippen LogP contribution in [-0.2, 0) is 0 Å². The van der Waals surface area contributed by atoms with Gasteiger partial charge in [-0.1, -0.05) is 0 Å². The standard InChI is InChI=1S/C3H5B6N/c1-10-3-2(5-9-10)4-7-8-6-3/h8-9H,1H3. The first kappa shape index (κ1) is 6.63. The van der Waals surface area contributed by atoms with E-state index in [9.17, 15) is 0 Å². The molecule has 0 unspecified atom stereocenters. The van der Waals surface area contributed by atoms with Gasteiger partial charge < -0.3 is 0 Å². The normalized spacial score (nSPS) is 17.5. The van der Waals surface area contributed by atoms with Crippen LogP contribution in [0.1, 0.15) is 0 Å². The van der Waals surface area contributed by atoms with Gasteiger partial charge >= 0.3 is 64.3 Å². The molecule has 0 aliphatic carbocycles. The number of nitrogens with zero attached hydrogens (tertiary/aromatic N) is 1. The molecule has 40 valence electrons. The zero-order valence-corrected chi connectivity index (χ0v) is 6.17. The topological polar surface area (TPSA) is 3.24 Å². The molecule has 0 aromatic carbocycles. The zero-order valence-electron chi connectivity index (χ0n) is 6.17. The van der Waals surface area contributed by atoms with Crippen molar-refractivity contribution in [2.75, 3.05) is 7.05 Å². The van der Waals surface area contributed by atoms with Gasteiger partial charge in [-0.25, -0.2) is 0 Å². The summed E-state index contributed by atoms with van der Waals surface area (Å²) in [5.41, 5.74) is 1.41. The van der Waals surface area contributed by atoms with E-state index in [2.05, 4.69) is 39.0 Å². The molecule has 0 aromatic rings. The average molecular weight is 120 g/mol. The van der Waals surface area contributed by atoms with Gasteiger partial charge in [0.05, 0.1) is 0 Å². The maximum atomic E-state index is 2.28. The molecular weight excluding hydrogens is 115 g/mol. The summed E-state index contributed by atoms with van der Waals surface area (Å²) in [7, 11) is 4.30. The monoisotopic (exact) mass is 121 g/mol. The quantitative estimate of drug-likeness (QED) is 0.299. The van der Waals surface area contributed by atoms with Crippen molar-refractivity contribution in [2.24, 2.45) is 0 Å². The summed E-state index contributed by atoms with van der Waals surface area (Å²) in [6, 6.07) is 0. The summed E-state index contributed by atoms with van der Waals surface area (Å²) in [6.07, 6.45) is 0. The fraction of sp³-hybridized carbons (Fsp3) is 0.333. The van der Waals surface area contributed by atoms with E-state index in [1.165, 1.54) is 10.9 Å². The first-order valence-corrected chi connectivity index (χ1v) is 3.66. The van der Waals surface area contributed by atoms with Crippen molar-refractivity contribution in [1.82, 2.24) is 4.81 Å². The van der Waals surface area contributed by atoms with E-state index in [1.807, 2.05) is 0 Å². The van der Waals surface area contributed by atoms with Crippen molar-refractivity contribution in [3.63, 3.8) is 0 Å². The Kier molecular flexibility index (Phi) is 1.67. The van der Waals surface area contributed by atoms with Gasteiger partial charge in [-0.15, -0.1) is 0 Å². The van der Waals surface area contributed by atoms with Gasteiger partial charge in [0.1, 0.15) is 0 Å². The molecule has 0 atom stereocenters. The van der Waals surface area contributed by atoms with Crippen LogP contribution < -0.4 is 0 Å². The summed E-state index contributed by atoms with van der Waals surface area (Å²) in [5.74, 6) is 0. The van der Waals surface area contributed by atoms with Crippen LogP contribution in [0.4, 0.5) is 0 Å². The first-order valence-electron chi connectivity index (χ1n) is 3.66. The summed E-state index contributed by atoms with van der Waals surface area (Å²) >= 11 is 0. The van der Waals surface area contributed by atoms with Crippen LogP contribution in [0, 0.1) is 0 Å². The second-order valence-electron chi connectivity index (χ2n) is 2.77. The van der Waals surface area contributed by atoms with Gasteiger partial charge in [0.2, 0.25) is 0 Å². The maximum absolute atomic E-state index is 2.28. The van der Waals surface area contributed by atoms with Gasteiger partial charge in [-0.05, 0) is 0 Å². The van der Waals surface area contributed by atoms with Crippen LogP contribution in [-0.4, -0.2) is 64.3 Å². The molecule has 7 heteroatoms. The summed E-state index contributed by atoms with van der Waals surface area (Å²) < 4.78 is 0. The summed E-state index contributed by atoms with van der Waals surface area (Å²) in [5, 5.41) is 1.40. The average Bonchev–Trinajstić information content (AvgIpc) is 2.34. The van der Waals surface area contributed by atoms with Gasteiger partial charge in [-0.3, -0.25) is 0 Å². The second kappa shape index (κ2) is 2.52. The Bertz CT molecular complexity index is 241. The number of hydrogen-bond acceptors (Lipinski definition) is 1. The van der Waals surface area contributed by atoms with Crippen molar-refractivity contribution in [1.29, 1.82) is 0 Å². The van der Waals surface area contributed by atoms with E-state index in [4.69, 9.17) is 0 Å². The van der Waals surface area contributed by atoms with Crippen LogP contribution in [0.2, 0.25) is 0 Å². The Morgan fingerprint density at radius 1 is 1.40 bits per heavy atom. The predicted molar refractivity (Wildman–Crippen MR) is 55.1 cm³/mol. The molecule has 0 spiro atoms. The van der Waals surface area contributed by atoms with Crippen molar-refractivity contribution < 1.29 is 0 Å². The Morgan fingerprint density at radius 2 is 2.30 bits per heavy atom. The SMILES string of the molecule is CN1BB=C2B=BBB=C21. The first-order chi connectivity index (χ1) is 4.88. The van der Waals surface area contributed by atoms with Crippen molar-refractivity contribution in [3.8, 4) is 0 Å². The van der Waals surface area contributed by atoms with E-state index < -0.39 is 0 Å². The molecule has 0 N–H and O–H groups in total. The van der Waals surface area contributed by atoms with E-state index in [-0.39, 0.29) is 0 Å². The van der Waals surface area contributed by atoms with Crippen molar-refractivity contribution in [2.45, 2.75) is 0 Å². The summed E-state index contributed by atoms with van der Waals surface area (Å²) in [4.78, 5) is 2.28. The van der Waals surface area contributed by atoms with Gasteiger partial charge in [0.15, 0.2) is 0 Å². The molecule has 2 heterocycles. The molecular formula is C3H5B6N. The summed E-state index contributed by atoms with van der Waals surface area (Å²) in [6.45, 7) is 8.95. The fourth-order valence-corrected chi connectivity index (χ4v) is 1.46. The molecule has 2 aliphatic heterocycles. The van der Waals surface area contributed by atoms with Crippen LogP contribution in [0.3, 0.4) is 0 Å². The minimum atomic E-state index is 1.07. The molecule has 0 saturated carbocycles. The van der Waals surface area contributed by atoms with Gasteiger partial charge in [0, 0.05) is 0 Å². The van der Waals surface area contributed by atoms with Crippen LogP contribution in [0.5, 0.6) is 0 Å². The third kappa shape index (κ3) is 0.959. The van der Waals surface area contributed by atoms with Crippen molar-refractivity contribution >= 4 is 52.4 Å². The third-order valence-electron chi connectivity index (χ3n) is 2.04. The van der Waals surface area contributed by atoms with Crippen LogP contribution >= 0.6 is 0 Å². The molecule has 2 aliphatic rings. The van der Waals surface area contributed by atoms with Gasteiger partial charge in [-0.2, -0.15) is 0 Å². The van der Waals surface area contributed by atoms with Crippen molar-refractivity contribution in [3.05, 3.63) is 0 Å². The predicted octanol–water partition coefficient (Wildman–Crippen LogP) is -3.53. The molecule has 10 heavy (non-hydrogen) atoms. The van der Waals surface area contributed by atoms with Crippen LogP contribution in [0.25, 0.3) is 0 Å². The third-order valence-corrected chi connectivity index (χ3v) is 2.04. The Morgan fingerprint density at radius 3 is 3.10 bits per heavy atom. The molecule has 0 saturated heterocycles. The van der Waals surface area contributed by atoms with Crippen LogP contribution in [0.15, 0.2) is 0 Å². The molecule has 0 amide bonds. The Labute approximate surface area is 64.9 Å². The Hall–Kier alpha value is -0.0704. The van der Waals surface area contributed by atoms with E-state index in [0.29, 0.717) is 0 Å². The van der Waals surface area contributed by atoms with E-state index in [0.717, 1.165) is 14.4 Å². The number of hydrogen-bond donors (Lipinski definition) is 0. The van der Waals surface area contributed by atoms with E-state index >= 15 is 0 Å². The molecule has 0 radical (unpaired) electrons. The minimum absolute atomic E-state index is 1.07. The zero-order chi connectivity index (χ0) is 6.97. The Balaban J connectivity index is 2.35. The molecule has 0 fully saturated rings. The number of rotatable bonds is 0.